The second kappa shape index (κ2) is 9.64. The maximum atomic E-state index is 13.2. The molecule has 166 valence electrons. The van der Waals surface area contributed by atoms with E-state index in [2.05, 4.69) is 4.99 Å². The number of benzene rings is 2. The van der Waals surface area contributed by atoms with Crippen molar-refractivity contribution < 1.29 is 22.7 Å². The van der Waals surface area contributed by atoms with Gasteiger partial charge in [0.15, 0.2) is 5.17 Å². The number of amides is 2. The number of ether oxygens (including phenoxy) is 1. The van der Waals surface area contributed by atoms with Crippen LogP contribution in [0.3, 0.4) is 0 Å². The third-order valence-corrected chi connectivity index (χ3v) is 5.39. The zero-order valence-electron chi connectivity index (χ0n) is 17.5. The molecule has 2 aromatic rings. The summed E-state index contributed by atoms with van der Waals surface area (Å²) in [5.74, 6) is 0.900. The lowest BCUT2D eigenvalue weighted by molar-refractivity contribution is -0.133. The first kappa shape index (κ1) is 23.0. The molecule has 2 aromatic carbocycles. The second-order valence-electron chi connectivity index (χ2n) is 7.43. The van der Waals surface area contributed by atoms with Gasteiger partial charge in [-0.1, -0.05) is 41.6 Å². The number of amidine groups is 1. The molecule has 31 heavy (non-hydrogen) atoms. The molecule has 0 unspecified atom stereocenters. The first-order chi connectivity index (χ1) is 14.6. The van der Waals surface area contributed by atoms with Crippen molar-refractivity contribution in [2.45, 2.75) is 39.6 Å². The van der Waals surface area contributed by atoms with Crippen LogP contribution in [0, 0.1) is 6.92 Å². The molecule has 0 spiro atoms. The van der Waals surface area contributed by atoms with Crippen LogP contribution >= 0.6 is 11.8 Å². The Morgan fingerprint density at radius 2 is 1.74 bits per heavy atom. The van der Waals surface area contributed by atoms with Crippen LogP contribution in [0.15, 0.2) is 53.5 Å². The minimum Gasteiger partial charge on any atom is -0.491 e. The molecule has 0 N–H and O–H groups in total. The van der Waals surface area contributed by atoms with E-state index in [4.69, 9.17) is 4.74 Å². The van der Waals surface area contributed by atoms with Crippen molar-refractivity contribution in [2.24, 2.45) is 4.99 Å². The van der Waals surface area contributed by atoms with E-state index in [0.29, 0.717) is 16.3 Å². The number of carbonyl (C=O) groups is 1. The van der Waals surface area contributed by atoms with E-state index in [0.717, 1.165) is 22.9 Å². The van der Waals surface area contributed by atoms with E-state index in [1.54, 1.807) is 24.3 Å². The molecular formula is C22H24F3N3O2S. The van der Waals surface area contributed by atoms with Crippen molar-refractivity contribution in [3.05, 3.63) is 59.7 Å². The summed E-state index contributed by atoms with van der Waals surface area (Å²) < 4.78 is 45.2. The molecule has 0 bridgehead atoms. The monoisotopic (exact) mass is 451 g/mol. The minimum absolute atomic E-state index is 0.0446. The summed E-state index contributed by atoms with van der Waals surface area (Å²) in [6.07, 6.45) is -4.49. The van der Waals surface area contributed by atoms with E-state index in [1.165, 1.54) is 4.90 Å². The second-order valence-corrected chi connectivity index (χ2v) is 8.34. The summed E-state index contributed by atoms with van der Waals surface area (Å²) in [6, 6.07) is 13.6. The maximum Gasteiger partial charge on any atom is 0.406 e. The molecule has 1 fully saturated rings. The fraction of sp³-hybridized carbons (Fsp3) is 0.364. The molecule has 0 aliphatic carbocycles. The van der Waals surface area contributed by atoms with Gasteiger partial charge in [-0.15, -0.1) is 0 Å². The molecule has 1 aliphatic rings. The molecule has 9 heteroatoms. The van der Waals surface area contributed by atoms with E-state index >= 15 is 0 Å². The predicted octanol–water partition coefficient (Wildman–Crippen LogP) is 5.83. The molecule has 2 amide bonds. The average molecular weight is 452 g/mol. The number of aliphatic imine (C=N–C) groups is 1. The number of urea groups is 1. The number of anilines is 1. The Kier molecular flexibility index (Phi) is 7.15. The maximum absolute atomic E-state index is 13.2. The topological polar surface area (TPSA) is 45.1 Å². The SMILES string of the molecule is Cc1ccc(N2CSC(=NCc3ccc(OC(C)C)cc3)N(CC(F)(F)F)C2=O)cc1. The van der Waals surface area contributed by atoms with Gasteiger partial charge in [-0.3, -0.25) is 14.8 Å². The fourth-order valence-electron chi connectivity index (χ4n) is 2.94. The molecular weight excluding hydrogens is 427 g/mol. The van der Waals surface area contributed by atoms with Crippen LogP contribution in [0.5, 0.6) is 5.75 Å². The molecule has 0 saturated carbocycles. The van der Waals surface area contributed by atoms with Crippen LogP contribution in [0.4, 0.5) is 23.7 Å². The molecule has 0 aromatic heterocycles. The lowest BCUT2D eigenvalue weighted by Gasteiger charge is -2.36. The lowest BCUT2D eigenvalue weighted by atomic mass is 10.2. The quantitative estimate of drug-likeness (QED) is 0.555. The molecule has 1 aliphatic heterocycles. The first-order valence-electron chi connectivity index (χ1n) is 9.77. The van der Waals surface area contributed by atoms with Gasteiger partial charge in [-0.05, 0) is 50.6 Å². The van der Waals surface area contributed by atoms with Crippen LogP contribution in [0.1, 0.15) is 25.0 Å². The number of hydrogen-bond acceptors (Lipinski definition) is 4. The third kappa shape index (κ3) is 6.40. The highest BCUT2D eigenvalue weighted by Gasteiger charge is 2.40. The van der Waals surface area contributed by atoms with E-state index in [-0.39, 0.29) is 23.7 Å². The van der Waals surface area contributed by atoms with Crippen molar-refractivity contribution in [1.29, 1.82) is 0 Å². The van der Waals surface area contributed by atoms with Gasteiger partial charge in [0, 0.05) is 5.69 Å². The van der Waals surface area contributed by atoms with E-state index < -0.39 is 18.8 Å². The summed E-state index contributed by atoms with van der Waals surface area (Å²) in [6.45, 7) is 4.52. The summed E-state index contributed by atoms with van der Waals surface area (Å²) in [5.41, 5.74) is 2.36. The highest BCUT2D eigenvalue weighted by Crippen LogP contribution is 2.29. The largest absolute Gasteiger partial charge is 0.491 e. The number of hydrogen-bond donors (Lipinski definition) is 0. The number of rotatable bonds is 6. The number of carbonyl (C=O) groups excluding carboxylic acids is 1. The number of aryl methyl sites for hydroxylation is 1. The smallest absolute Gasteiger partial charge is 0.406 e. The van der Waals surface area contributed by atoms with Gasteiger partial charge in [0.25, 0.3) is 0 Å². The zero-order chi connectivity index (χ0) is 22.6. The normalized spacial score (nSPS) is 16.4. The molecule has 0 radical (unpaired) electrons. The summed E-state index contributed by atoms with van der Waals surface area (Å²) in [5, 5.41) is 0.0631. The Labute approximate surface area is 183 Å². The van der Waals surface area contributed by atoms with Crippen molar-refractivity contribution in [3.63, 3.8) is 0 Å². The predicted molar refractivity (Wildman–Crippen MR) is 118 cm³/mol. The van der Waals surface area contributed by atoms with Crippen LogP contribution in [-0.4, -0.2) is 40.8 Å². The van der Waals surface area contributed by atoms with E-state index in [1.807, 2.05) is 45.0 Å². The molecule has 5 nitrogen and oxygen atoms in total. The Bertz CT molecular complexity index is 929. The molecule has 0 atom stereocenters. The number of alkyl halides is 3. The average Bonchev–Trinajstić information content (AvgIpc) is 2.69. The third-order valence-electron chi connectivity index (χ3n) is 4.39. The fourth-order valence-corrected chi connectivity index (χ4v) is 3.90. The van der Waals surface area contributed by atoms with Crippen LogP contribution in [0.2, 0.25) is 0 Å². The zero-order valence-corrected chi connectivity index (χ0v) is 18.3. The summed E-state index contributed by atoms with van der Waals surface area (Å²) in [4.78, 5) is 19.2. The summed E-state index contributed by atoms with van der Waals surface area (Å²) >= 11 is 1.11. The number of thioether (sulfide) groups is 1. The Morgan fingerprint density at radius 1 is 1.10 bits per heavy atom. The Morgan fingerprint density at radius 3 is 2.32 bits per heavy atom. The van der Waals surface area contributed by atoms with Gasteiger partial charge in [-0.2, -0.15) is 13.2 Å². The molecule has 1 heterocycles. The summed E-state index contributed by atoms with van der Waals surface area (Å²) in [7, 11) is 0. The lowest BCUT2D eigenvalue weighted by Crippen LogP contribution is -2.53. The van der Waals surface area contributed by atoms with Gasteiger partial charge in [-0.25, -0.2) is 4.79 Å². The highest BCUT2D eigenvalue weighted by molar-refractivity contribution is 8.14. The van der Waals surface area contributed by atoms with Crippen LogP contribution in [-0.2, 0) is 6.54 Å². The standard InChI is InChI=1S/C22H24F3N3O2S/c1-15(2)30-19-10-6-17(7-11-19)12-26-20-27(13-22(23,24)25)21(29)28(14-31-20)18-8-4-16(3)5-9-18/h4-11,15H,12-14H2,1-3H3. The van der Waals surface area contributed by atoms with Gasteiger partial charge >= 0.3 is 12.2 Å². The van der Waals surface area contributed by atoms with Crippen LogP contribution in [0.25, 0.3) is 0 Å². The first-order valence-corrected chi connectivity index (χ1v) is 10.8. The minimum atomic E-state index is -4.54. The van der Waals surface area contributed by atoms with E-state index in [9.17, 15) is 18.0 Å². The van der Waals surface area contributed by atoms with Gasteiger partial charge in [0.05, 0.1) is 18.5 Å². The van der Waals surface area contributed by atoms with Crippen LogP contribution < -0.4 is 9.64 Å². The van der Waals surface area contributed by atoms with Gasteiger partial charge < -0.3 is 4.74 Å². The number of halogens is 3. The van der Waals surface area contributed by atoms with Crippen molar-refractivity contribution in [2.75, 3.05) is 17.3 Å². The van der Waals surface area contributed by atoms with Crippen molar-refractivity contribution in [1.82, 2.24) is 4.90 Å². The highest BCUT2D eigenvalue weighted by atomic mass is 32.2. The Balaban J connectivity index is 1.78. The van der Waals surface area contributed by atoms with Gasteiger partial charge in [0.2, 0.25) is 0 Å². The van der Waals surface area contributed by atoms with Crippen molar-refractivity contribution >= 4 is 28.6 Å². The van der Waals surface area contributed by atoms with Gasteiger partial charge in [0.1, 0.15) is 12.3 Å². The molecule has 3 rings (SSSR count). The van der Waals surface area contributed by atoms with Crippen molar-refractivity contribution in [3.8, 4) is 5.75 Å². The Hall–Kier alpha value is -2.68. The number of nitrogens with zero attached hydrogens (tertiary/aromatic N) is 3. The molecule has 1 saturated heterocycles.